The average molecular weight is 531 g/mol. The molecule has 4 N–H and O–H groups in total. The molecule has 0 unspecified atom stereocenters. The maximum Gasteiger partial charge on any atom is 0.319 e. The maximum absolute atomic E-state index is 12.7. The first-order chi connectivity index (χ1) is 17.8. The highest BCUT2D eigenvalue weighted by Gasteiger charge is 2.23. The van der Waals surface area contributed by atoms with Gasteiger partial charge in [0.2, 0.25) is 0 Å². The zero-order valence-electron chi connectivity index (χ0n) is 24.6. The second-order valence-electron chi connectivity index (χ2n) is 11.9. The van der Waals surface area contributed by atoms with Crippen molar-refractivity contribution in [3.63, 3.8) is 0 Å². The van der Waals surface area contributed by atoms with E-state index in [1.54, 1.807) is 24.3 Å². The van der Waals surface area contributed by atoms with Gasteiger partial charge in [0.05, 0.1) is 12.1 Å². The van der Waals surface area contributed by atoms with Crippen LogP contribution in [0.4, 0.5) is 21.0 Å². The molecule has 8 heteroatoms. The monoisotopic (exact) mass is 530 g/mol. The minimum Gasteiger partial charge on any atom is -0.328 e. The van der Waals surface area contributed by atoms with Gasteiger partial charge in [-0.15, -0.1) is 0 Å². The van der Waals surface area contributed by atoms with Crippen LogP contribution in [0.2, 0.25) is 0 Å². The molecule has 0 saturated carbocycles. The second kappa shape index (κ2) is 16.8. The molecular weight excluding hydrogens is 480 g/mol. The molecule has 0 saturated heterocycles. The Kier molecular flexibility index (Phi) is 14.7. The molecule has 0 aliphatic carbocycles. The van der Waals surface area contributed by atoms with Crippen LogP contribution in [0.3, 0.4) is 0 Å². The highest BCUT2D eigenvalue weighted by molar-refractivity contribution is 5.97. The van der Waals surface area contributed by atoms with Gasteiger partial charge in [-0.2, -0.15) is 0 Å². The van der Waals surface area contributed by atoms with Crippen molar-refractivity contribution >= 4 is 35.0 Å². The summed E-state index contributed by atoms with van der Waals surface area (Å²) in [5, 5.41) is 11.2. The van der Waals surface area contributed by atoms with Crippen molar-refractivity contribution in [3.8, 4) is 0 Å². The summed E-state index contributed by atoms with van der Waals surface area (Å²) in [6.45, 7) is 16.4. The van der Waals surface area contributed by atoms with Gasteiger partial charge in [-0.1, -0.05) is 61.5 Å². The van der Waals surface area contributed by atoms with E-state index in [9.17, 15) is 19.2 Å². The Bertz CT molecular complexity index is 842. The number of hydrogen-bond donors (Lipinski definition) is 4. The Morgan fingerprint density at radius 2 is 0.974 bits per heavy atom. The number of anilines is 2. The van der Waals surface area contributed by atoms with Gasteiger partial charge in [0.15, 0.2) is 11.6 Å². The van der Waals surface area contributed by atoms with Gasteiger partial charge < -0.3 is 21.3 Å². The Balaban J connectivity index is 2.79. The van der Waals surface area contributed by atoms with E-state index in [-0.39, 0.29) is 23.4 Å². The van der Waals surface area contributed by atoms with Gasteiger partial charge in [0.1, 0.15) is 0 Å². The Morgan fingerprint density at radius 1 is 0.605 bits per heavy atom. The fourth-order valence-corrected chi connectivity index (χ4v) is 4.02. The second-order valence-corrected chi connectivity index (χ2v) is 11.9. The minimum atomic E-state index is -0.549. The van der Waals surface area contributed by atoms with Crippen LogP contribution in [0.5, 0.6) is 0 Å². The van der Waals surface area contributed by atoms with E-state index < -0.39 is 24.1 Å². The molecule has 1 aromatic carbocycles. The largest absolute Gasteiger partial charge is 0.328 e. The summed E-state index contributed by atoms with van der Waals surface area (Å²) in [4.78, 5) is 50.8. The van der Waals surface area contributed by atoms with E-state index >= 15 is 0 Å². The minimum absolute atomic E-state index is 0.0357. The predicted molar refractivity (Wildman–Crippen MR) is 155 cm³/mol. The third-order valence-electron chi connectivity index (χ3n) is 6.12. The predicted octanol–water partition coefficient (Wildman–Crippen LogP) is 6.77. The zero-order valence-corrected chi connectivity index (χ0v) is 24.6. The summed E-state index contributed by atoms with van der Waals surface area (Å²) in [5.74, 6) is 1.41. The van der Waals surface area contributed by atoms with Crippen LogP contribution in [-0.4, -0.2) is 35.7 Å². The normalized spacial score (nSPS) is 12.9. The molecule has 1 aromatic rings. The number of rotatable bonds is 16. The topological polar surface area (TPSA) is 116 Å². The van der Waals surface area contributed by atoms with Crippen LogP contribution < -0.4 is 21.3 Å². The molecule has 0 heterocycles. The number of carbonyl (C=O) groups excluding carboxylic acids is 4. The van der Waals surface area contributed by atoms with Crippen molar-refractivity contribution in [2.45, 2.75) is 106 Å². The Labute approximate surface area is 229 Å². The number of Topliss-reactive ketones (excluding diaryl/α,β-unsaturated/α-hetero) is 2. The molecule has 0 aliphatic rings. The van der Waals surface area contributed by atoms with Crippen LogP contribution >= 0.6 is 0 Å². The third-order valence-corrected chi connectivity index (χ3v) is 6.12. The number of urea groups is 2. The molecule has 0 fully saturated rings. The number of benzene rings is 1. The molecule has 0 bridgehead atoms. The van der Waals surface area contributed by atoms with Crippen molar-refractivity contribution in [2.24, 2.45) is 23.7 Å². The summed E-state index contributed by atoms with van der Waals surface area (Å²) < 4.78 is 0. The zero-order chi connectivity index (χ0) is 28.8. The van der Waals surface area contributed by atoms with Crippen LogP contribution in [0.25, 0.3) is 0 Å². The summed E-state index contributed by atoms with van der Waals surface area (Å²) in [6.07, 6.45) is 3.57. The van der Waals surface area contributed by atoms with Crippen LogP contribution in [0.15, 0.2) is 24.3 Å². The smallest absolute Gasteiger partial charge is 0.319 e. The lowest BCUT2D eigenvalue weighted by molar-refractivity contribution is -0.122. The molecule has 0 aromatic heterocycles. The van der Waals surface area contributed by atoms with Crippen molar-refractivity contribution in [2.75, 3.05) is 10.6 Å². The first kappa shape index (κ1) is 33.1. The van der Waals surface area contributed by atoms with Crippen molar-refractivity contribution in [1.82, 2.24) is 10.6 Å². The van der Waals surface area contributed by atoms with Gasteiger partial charge in [0.25, 0.3) is 0 Å². The molecule has 38 heavy (non-hydrogen) atoms. The lowest BCUT2D eigenvalue weighted by Crippen LogP contribution is -2.44. The fourth-order valence-electron chi connectivity index (χ4n) is 4.02. The summed E-state index contributed by atoms with van der Waals surface area (Å²) in [5.41, 5.74) is 0.954. The molecule has 0 radical (unpaired) electrons. The van der Waals surface area contributed by atoms with E-state index in [0.717, 1.165) is 12.8 Å². The first-order valence-electron chi connectivity index (χ1n) is 14.1. The molecular formula is C30H50N4O4. The van der Waals surface area contributed by atoms with Crippen LogP contribution in [-0.2, 0) is 9.59 Å². The van der Waals surface area contributed by atoms with Gasteiger partial charge in [0, 0.05) is 24.2 Å². The average Bonchev–Trinajstić information content (AvgIpc) is 2.79. The van der Waals surface area contributed by atoms with Gasteiger partial charge in [-0.3, -0.25) is 9.59 Å². The standard InChI is InChI=1S/C30H50N4O4/c1-19(2)12-14-27(35)25(16-21(5)6)33-29(37)31-23-10-9-11-24(18-23)32-30(38)34-26(17-22(7)8)28(36)15-13-20(3)4/h9-11,18-22,25-26H,12-17H2,1-8H3,(H2,31,33,37)(H2,32,34,38)/t25-,26-/m0/s1. The quantitative estimate of drug-likeness (QED) is 0.189. The Hall–Kier alpha value is -2.90. The summed E-state index contributed by atoms with van der Waals surface area (Å²) >= 11 is 0. The van der Waals surface area contributed by atoms with E-state index in [0.29, 0.717) is 48.9 Å². The molecule has 4 amide bonds. The number of carbonyl (C=O) groups is 4. The Morgan fingerprint density at radius 3 is 1.29 bits per heavy atom. The number of amides is 4. The maximum atomic E-state index is 12.7. The molecule has 1 rings (SSSR count). The SMILES string of the molecule is CC(C)CCC(=O)[C@H](CC(C)C)NC(=O)Nc1cccc(NC(=O)N[C@@H](CC(C)C)C(=O)CCC(C)C)c1. The van der Waals surface area contributed by atoms with Crippen LogP contribution in [0.1, 0.15) is 93.9 Å². The van der Waals surface area contributed by atoms with Crippen LogP contribution in [0, 0.1) is 23.7 Å². The van der Waals surface area contributed by atoms with Crippen molar-refractivity contribution < 1.29 is 19.2 Å². The lowest BCUT2D eigenvalue weighted by Gasteiger charge is -2.21. The van der Waals surface area contributed by atoms with E-state index in [1.165, 1.54) is 0 Å². The van der Waals surface area contributed by atoms with E-state index in [4.69, 9.17) is 0 Å². The number of hydrogen-bond acceptors (Lipinski definition) is 4. The lowest BCUT2D eigenvalue weighted by atomic mass is 9.95. The van der Waals surface area contributed by atoms with E-state index in [2.05, 4.69) is 49.0 Å². The summed E-state index contributed by atoms with van der Waals surface area (Å²) in [7, 11) is 0. The highest BCUT2D eigenvalue weighted by Crippen LogP contribution is 2.17. The molecule has 8 nitrogen and oxygen atoms in total. The van der Waals surface area contributed by atoms with E-state index in [1.807, 2.05) is 27.7 Å². The number of ketones is 2. The van der Waals surface area contributed by atoms with Crippen molar-refractivity contribution in [3.05, 3.63) is 24.3 Å². The summed E-state index contributed by atoms with van der Waals surface area (Å²) in [6, 6.07) is 4.72. The first-order valence-corrected chi connectivity index (χ1v) is 14.1. The third kappa shape index (κ3) is 14.1. The molecule has 214 valence electrons. The van der Waals surface area contributed by atoms with Gasteiger partial charge in [-0.25, -0.2) is 9.59 Å². The fraction of sp³-hybridized carbons (Fsp3) is 0.667. The highest BCUT2D eigenvalue weighted by atomic mass is 16.2. The number of nitrogens with one attached hydrogen (secondary N) is 4. The molecule has 0 aliphatic heterocycles. The van der Waals surface area contributed by atoms with Gasteiger partial charge >= 0.3 is 12.1 Å². The van der Waals surface area contributed by atoms with Crippen molar-refractivity contribution in [1.29, 1.82) is 0 Å². The van der Waals surface area contributed by atoms with Gasteiger partial charge in [-0.05, 0) is 67.6 Å². The molecule has 2 atom stereocenters. The molecule has 0 spiro atoms.